The summed E-state index contributed by atoms with van der Waals surface area (Å²) in [5, 5.41) is 14.0. The van der Waals surface area contributed by atoms with E-state index in [0.29, 0.717) is 22.3 Å². The van der Waals surface area contributed by atoms with E-state index in [2.05, 4.69) is 5.32 Å². The molecule has 0 heterocycles. The fourth-order valence-corrected chi connectivity index (χ4v) is 2.28. The smallest absolute Gasteiger partial charge is 0.138 e. The van der Waals surface area contributed by atoms with E-state index in [1.54, 1.807) is 18.2 Å². The van der Waals surface area contributed by atoms with Gasteiger partial charge in [-0.05, 0) is 37.1 Å². The number of hydrogen-bond acceptors (Lipinski definition) is 3. The number of hydrogen-bond donors (Lipinski definition) is 2. The van der Waals surface area contributed by atoms with Gasteiger partial charge < -0.3 is 15.2 Å². The van der Waals surface area contributed by atoms with Crippen LogP contribution in [0.2, 0.25) is 10.0 Å². The molecule has 0 amide bonds. The quantitative estimate of drug-likeness (QED) is 0.725. The molecule has 2 N–H and O–H groups in total. The molecule has 1 aromatic carbocycles. The van der Waals surface area contributed by atoms with E-state index in [0.717, 1.165) is 12.5 Å². The highest BCUT2D eigenvalue weighted by molar-refractivity contribution is 6.35. The highest BCUT2D eigenvalue weighted by atomic mass is 35.5. The molecule has 1 fully saturated rings. The van der Waals surface area contributed by atoms with Crippen LogP contribution in [0.5, 0.6) is 5.75 Å². The summed E-state index contributed by atoms with van der Waals surface area (Å²) in [4.78, 5) is 0. The lowest BCUT2D eigenvalue weighted by Gasteiger charge is -2.14. The van der Waals surface area contributed by atoms with E-state index in [-0.39, 0.29) is 6.61 Å². The van der Waals surface area contributed by atoms with Crippen LogP contribution >= 0.6 is 23.2 Å². The van der Waals surface area contributed by atoms with Gasteiger partial charge in [0.05, 0.1) is 5.02 Å². The lowest BCUT2D eigenvalue weighted by Crippen LogP contribution is -2.32. The normalized spacial score (nSPS) is 16.4. The predicted octanol–water partition coefficient (Wildman–Crippen LogP) is 3.12. The molecule has 3 nitrogen and oxygen atoms in total. The molecule has 106 valence electrons. The minimum atomic E-state index is -0.536. The van der Waals surface area contributed by atoms with Gasteiger partial charge in [0.1, 0.15) is 18.5 Å². The first kappa shape index (κ1) is 14.9. The molecule has 1 saturated carbocycles. The van der Waals surface area contributed by atoms with Gasteiger partial charge in [-0.15, -0.1) is 0 Å². The SMILES string of the molecule is OC(CNCCC1CC1)COc1ccc(Cl)cc1Cl. The first-order chi connectivity index (χ1) is 9.15. The first-order valence-electron chi connectivity index (χ1n) is 6.62. The van der Waals surface area contributed by atoms with E-state index < -0.39 is 6.10 Å². The molecule has 0 aliphatic heterocycles. The third kappa shape index (κ3) is 5.57. The maximum atomic E-state index is 9.78. The summed E-state index contributed by atoms with van der Waals surface area (Å²) in [6.45, 7) is 1.72. The lowest BCUT2D eigenvalue weighted by molar-refractivity contribution is 0.106. The fourth-order valence-electron chi connectivity index (χ4n) is 1.82. The van der Waals surface area contributed by atoms with E-state index in [4.69, 9.17) is 27.9 Å². The van der Waals surface area contributed by atoms with Gasteiger partial charge in [-0.2, -0.15) is 0 Å². The summed E-state index contributed by atoms with van der Waals surface area (Å²) in [7, 11) is 0. The highest BCUT2D eigenvalue weighted by Gasteiger charge is 2.20. The molecule has 0 bridgehead atoms. The lowest BCUT2D eigenvalue weighted by atomic mass is 10.3. The summed E-state index contributed by atoms with van der Waals surface area (Å²) in [5.74, 6) is 1.46. The van der Waals surface area contributed by atoms with Crippen molar-refractivity contribution < 1.29 is 9.84 Å². The molecule has 1 aromatic rings. The van der Waals surface area contributed by atoms with Crippen molar-refractivity contribution in [2.75, 3.05) is 19.7 Å². The molecular weight excluding hydrogens is 285 g/mol. The Morgan fingerprint density at radius 1 is 1.37 bits per heavy atom. The van der Waals surface area contributed by atoms with Crippen molar-refractivity contribution in [3.05, 3.63) is 28.2 Å². The second-order valence-corrected chi connectivity index (χ2v) is 5.82. The summed E-state index contributed by atoms with van der Waals surface area (Å²) in [5.41, 5.74) is 0. The van der Waals surface area contributed by atoms with Gasteiger partial charge in [-0.1, -0.05) is 36.0 Å². The zero-order chi connectivity index (χ0) is 13.7. The monoisotopic (exact) mass is 303 g/mol. The van der Waals surface area contributed by atoms with Crippen molar-refractivity contribution in [3.8, 4) is 5.75 Å². The first-order valence-corrected chi connectivity index (χ1v) is 7.37. The van der Waals surface area contributed by atoms with Crippen LogP contribution in [-0.4, -0.2) is 30.9 Å². The topological polar surface area (TPSA) is 41.5 Å². The molecule has 0 saturated heterocycles. The Morgan fingerprint density at radius 3 is 2.84 bits per heavy atom. The minimum Gasteiger partial charge on any atom is -0.489 e. The van der Waals surface area contributed by atoms with E-state index in [1.165, 1.54) is 19.3 Å². The van der Waals surface area contributed by atoms with Crippen molar-refractivity contribution in [3.63, 3.8) is 0 Å². The molecule has 1 aliphatic rings. The van der Waals surface area contributed by atoms with E-state index in [9.17, 15) is 5.11 Å². The summed E-state index contributed by atoms with van der Waals surface area (Å²) >= 11 is 11.8. The van der Waals surface area contributed by atoms with Crippen LogP contribution in [0, 0.1) is 5.92 Å². The maximum absolute atomic E-state index is 9.78. The Labute approximate surface area is 123 Å². The van der Waals surface area contributed by atoms with E-state index in [1.807, 2.05) is 0 Å². The van der Waals surface area contributed by atoms with Gasteiger partial charge in [0.25, 0.3) is 0 Å². The van der Waals surface area contributed by atoms with Crippen molar-refractivity contribution >= 4 is 23.2 Å². The predicted molar refractivity (Wildman–Crippen MR) is 78.2 cm³/mol. The third-order valence-electron chi connectivity index (χ3n) is 3.13. The van der Waals surface area contributed by atoms with Gasteiger partial charge in [0.2, 0.25) is 0 Å². The largest absolute Gasteiger partial charge is 0.489 e. The summed E-state index contributed by atoms with van der Waals surface area (Å²) < 4.78 is 5.46. The average Bonchev–Trinajstić information content (AvgIpc) is 3.17. The highest BCUT2D eigenvalue weighted by Crippen LogP contribution is 2.31. The van der Waals surface area contributed by atoms with Crippen LogP contribution in [0.4, 0.5) is 0 Å². The Kier molecular flexibility index (Phi) is 5.76. The van der Waals surface area contributed by atoms with Crippen LogP contribution in [0.15, 0.2) is 18.2 Å². The number of halogens is 2. The molecule has 5 heteroatoms. The van der Waals surface area contributed by atoms with Crippen molar-refractivity contribution in [1.29, 1.82) is 0 Å². The van der Waals surface area contributed by atoms with Crippen LogP contribution < -0.4 is 10.1 Å². The van der Waals surface area contributed by atoms with Crippen molar-refractivity contribution in [2.24, 2.45) is 5.92 Å². The second kappa shape index (κ2) is 7.34. The van der Waals surface area contributed by atoms with Crippen LogP contribution in [0.1, 0.15) is 19.3 Å². The Hall–Kier alpha value is -0.480. The van der Waals surface area contributed by atoms with Gasteiger partial charge in [0.15, 0.2) is 0 Å². The number of ether oxygens (including phenoxy) is 1. The van der Waals surface area contributed by atoms with Gasteiger partial charge >= 0.3 is 0 Å². The second-order valence-electron chi connectivity index (χ2n) is 4.98. The number of aliphatic hydroxyl groups is 1. The van der Waals surface area contributed by atoms with Crippen molar-refractivity contribution in [2.45, 2.75) is 25.4 Å². The van der Waals surface area contributed by atoms with Gasteiger partial charge in [0, 0.05) is 11.6 Å². The van der Waals surface area contributed by atoms with Crippen LogP contribution in [0.25, 0.3) is 0 Å². The Morgan fingerprint density at radius 2 is 2.16 bits per heavy atom. The molecule has 0 aromatic heterocycles. The minimum absolute atomic E-state index is 0.220. The molecule has 1 unspecified atom stereocenters. The zero-order valence-corrected chi connectivity index (χ0v) is 12.3. The molecule has 1 aliphatic carbocycles. The van der Waals surface area contributed by atoms with Gasteiger partial charge in [-0.3, -0.25) is 0 Å². The molecule has 0 radical (unpaired) electrons. The van der Waals surface area contributed by atoms with Crippen molar-refractivity contribution in [1.82, 2.24) is 5.32 Å². The standard InChI is InChI=1S/C14H19Cl2NO2/c15-11-3-4-14(13(16)7-11)19-9-12(18)8-17-6-5-10-1-2-10/h3-4,7,10,12,17-18H,1-2,5-6,8-9H2. The summed E-state index contributed by atoms with van der Waals surface area (Å²) in [6, 6.07) is 5.04. The zero-order valence-electron chi connectivity index (χ0n) is 10.7. The number of nitrogens with one attached hydrogen (secondary N) is 1. The van der Waals surface area contributed by atoms with Crippen LogP contribution in [0.3, 0.4) is 0 Å². The third-order valence-corrected chi connectivity index (χ3v) is 3.66. The average molecular weight is 304 g/mol. The van der Waals surface area contributed by atoms with E-state index >= 15 is 0 Å². The molecule has 1 atom stereocenters. The number of benzene rings is 1. The summed E-state index contributed by atoms with van der Waals surface area (Å²) in [6.07, 6.45) is 3.40. The molecule has 19 heavy (non-hydrogen) atoms. The molecular formula is C14H19Cl2NO2. The maximum Gasteiger partial charge on any atom is 0.138 e. The number of aliphatic hydroxyl groups excluding tert-OH is 1. The Bertz CT molecular complexity index is 410. The van der Waals surface area contributed by atoms with Gasteiger partial charge in [-0.25, -0.2) is 0 Å². The van der Waals surface area contributed by atoms with Crippen LogP contribution in [-0.2, 0) is 0 Å². The Balaban J connectivity index is 1.62. The molecule has 0 spiro atoms. The number of rotatable bonds is 8. The fraction of sp³-hybridized carbons (Fsp3) is 0.571. The molecule has 2 rings (SSSR count).